The Morgan fingerprint density at radius 2 is 1.80 bits per heavy atom. The maximum absolute atomic E-state index is 11.4. The third kappa shape index (κ3) is 3.63. The fraction of sp³-hybridized carbons (Fsp3) is 0.333. The van der Waals surface area contributed by atoms with Gasteiger partial charge in [-0.1, -0.05) is 12.1 Å². The zero-order valence-corrected chi connectivity index (χ0v) is 13.1. The minimum Gasteiger partial charge on any atom is -0.355 e. The molecule has 0 amide bonds. The molecule has 0 fully saturated rings. The van der Waals surface area contributed by atoms with Gasteiger partial charge in [0.05, 0.1) is 0 Å². The van der Waals surface area contributed by atoms with Crippen molar-refractivity contribution in [2.45, 2.75) is 25.3 Å². The summed E-state index contributed by atoms with van der Waals surface area (Å²) in [5, 5.41) is 0. The van der Waals surface area contributed by atoms with Gasteiger partial charge in [-0.15, -0.1) is 0 Å². The van der Waals surface area contributed by atoms with Crippen LogP contribution in [-0.2, 0) is 17.3 Å². The van der Waals surface area contributed by atoms with E-state index in [0.29, 0.717) is 0 Å². The van der Waals surface area contributed by atoms with Gasteiger partial charge in [-0.3, -0.25) is 4.21 Å². The van der Waals surface area contributed by atoms with Crippen LogP contribution in [0, 0.1) is 13.8 Å². The van der Waals surface area contributed by atoms with E-state index in [1.165, 1.54) is 0 Å². The van der Waals surface area contributed by atoms with Crippen molar-refractivity contribution >= 4 is 16.6 Å². The molecule has 106 valence electrons. The van der Waals surface area contributed by atoms with Gasteiger partial charge >= 0.3 is 0 Å². The minimum absolute atomic E-state index is 0.756. The van der Waals surface area contributed by atoms with Crippen LogP contribution in [0.15, 0.2) is 35.2 Å². The van der Waals surface area contributed by atoms with Crippen molar-refractivity contribution in [1.29, 1.82) is 0 Å². The second-order valence-corrected chi connectivity index (χ2v) is 6.25. The second kappa shape index (κ2) is 6.13. The van der Waals surface area contributed by atoms with Gasteiger partial charge < -0.3 is 4.90 Å². The van der Waals surface area contributed by atoms with Crippen LogP contribution >= 0.6 is 0 Å². The second-order valence-electron chi connectivity index (χ2n) is 4.87. The molecule has 2 aromatic rings. The van der Waals surface area contributed by atoms with Crippen LogP contribution in [0.4, 0.5) is 5.82 Å². The van der Waals surface area contributed by atoms with E-state index in [0.717, 1.165) is 34.3 Å². The van der Waals surface area contributed by atoms with Gasteiger partial charge in [-0.25, -0.2) is 9.97 Å². The predicted molar refractivity (Wildman–Crippen MR) is 82.4 cm³/mol. The Morgan fingerprint density at radius 1 is 1.15 bits per heavy atom. The summed E-state index contributed by atoms with van der Waals surface area (Å²) in [5.41, 5.74) is 2.13. The highest BCUT2D eigenvalue weighted by Gasteiger charge is 2.06. The van der Waals surface area contributed by atoms with Crippen molar-refractivity contribution in [1.82, 2.24) is 9.97 Å². The first-order valence-electron chi connectivity index (χ1n) is 6.41. The summed E-state index contributed by atoms with van der Waals surface area (Å²) in [6.07, 6.45) is 1.69. The van der Waals surface area contributed by atoms with E-state index in [-0.39, 0.29) is 0 Å². The number of nitrogens with zero attached hydrogens (tertiary/aromatic N) is 3. The van der Waals surface area contributed by atoms with E-state index in [1.54, 1.807) is 6.26 Å². The van der Waals surface area contributed by atoms with Crippen molar-refractivity contribution in [3.05, 3.63) is 47.4 Å². The molecular formula is C15H19N3OS. The molecule has 0 spiro atoms. The maximum Gasteiger partial charge on any atom is 0.132 e. The van der Waals surface area contributed by atoms with E-state index in [9.17, 15) is 4.21 Å². The van der Waals surface area contributed by atoms with Crippen LogP contribution in [-0.4, -0.2) is 27.5 Å². The predicted octanol–water partition coefficient (Wildman–Crippen LogP) is 2.47. The first kappa shape index (κ1) is 14.7. The SMILES string of the molecule is Cc1cc(N(C)Cc2ccc([S@](C)=O)cc2)nc(C)n1. The van der Waals surface area contributed by atoms with E-state index >= 15 is 0 Å². The van der Waals surface area contributed by atoms with Crippen molar-refractivity contribution in [3.63, 3.8) is 0 Å². The first-order valence-corrected chi connectivity index (χ1v) is 7.97. The van der Waals surface area contributed by atoms with Crippen LogP contribution < -0.4 is 4.90 Å². The van der Waals surface area contributed by atoms with Crippen LogP contribution in [0.1, 0.15) is 17.1 Å². The van der Waals surface area contributed by atoms with E-state index in [1.807, 2.05) is 51.2 Å². The Kier molecular flexibility index (Phi) is 4.49. The average molecular weight is 289 g/mol. The summed E-state index contributed by atoms with van der Waals surface area (Å²) in [4.78, 5) is 11.7. The Labute approximate surface area is 122 Å². The van der Waals surface area contributed by atoms with Crippen LogP contribution in [0.3, 0.4) is 0 Å². The summed E-state index contributed by atoms with van der Waals surface area (Å²) in [6, 6.07) is 9.82. The number of aryl methyl sites for hydroxylation is 2. The lowest BCUT2D eigenvalue weighted by molar-refractivity contribution is 0.686. The molecule has 0 saturated heterocycles. The largest absolute Gasteiger partial charge is 0.355 e. The number of hydrogen-bond donors (Lipinski definition) is 0. The van der Waals surface area contributed by atoms with Crippen LogP contribution in [0.2, 0.25) is 0 Å². The molecule has 1 aromatic carbocycles. The minimum atomic E-state index is -0.926. The van der Waals surface area contributed by atoms with Gasteiger partial charge in [0.2, 0.25) is 0 Å². The Bertz CT molecular complexity index is 605. The summed E-state index contributed by atoms with van der Waals surface area (Å²) in [6.45, 7) is 4.62. The fourth-order valence-corrected chi connectivity index (χ4v) is 2.55. The molecule has 0 radical (unpaired) electrons. The van der Waals surface area contributed by atoms with Gasteiger partial charge in [0.15, 0.2) is 0 Å². The third-order valence-corrected chi connectivity index (χ3v) is 3.95. The Morgan fingerprint density at radius 3 is 2.35 bits per heavy atom. The van der Waals surface area contributed by atoms with Crippen LogP contribution in [0.5, 0.6) is 0 Å². The van der Waals surface area contributed by atoms with Crippen molar-refractivity contribution < 1.29 is 4.21 Å². The zero-order chi connectivity index (χ0) is 14.7. The molecule has 4 nitrogen and oxygen atoms in total. The molecule has 5 heteroatoms. The van der Waals surface area contributed by atoms with Crippen LogP contribution in [0.25, 0.3) is 0 Å². The normalized spacial score (nSPS) is 12.2. The molecular weight excluding hydrogens is 270 g/mol. The van der Waals surface area contributed by atoms with Crippen molar-refractivity contribution in [2.24, 2.45) is 0 Å². The van der Waals surface area contributed by atoms with Crippen molar-refractivity contribution in [3.8, 4) is 0 Å². The number of benzene rings is 1. The zero-order valence-electron chi connectivity index (χ0n) is 12.3. The molecule has 0 aliphatic heterocycles. The lowest BCUT2D eigenvalue weighted by atomic mass is 10.2. The molecule has 0 bridgehead atoms. The molecule has 20 heavy (non-hydrogen) atoms. The topological polar surface area (TPSA) is 46.1 Å². The number of rotatable bonds is 4. The van der Waals surface area contributed by atoms with E-state index in [2.05, 4.69) is 14.9 Å². The maximum atomic E-state index is 11.4. The highest BCUT2D eigenvalue weighted by molar-refractivity contribution is 7.84. The van der Waals surface area contributed by atoms with E-state index < -0.39 is 10.8 Å². The van der Waals surface area contributed by atoms with Crippen molar-refractivity contribution in [2.75, 3.05) is 18.2 Å². The Balaban J connectivity index is 2.14. The monoisotopic (exact) mass is 289 g/mol. The number of aromatic nitrogens is 2. The third-order valence-electron chi connectivity index (χ3n) is 3.02. The van der Waals surface area contributed by atoms with Gasteiger partial charge in [-0.05, 0) is 31.5 Å². The average Bonchev–Trinajstić information content (AvgIpc) is 2.38. The van der Waals surface area contributed by atoms with E-state index in [4.69, 9.17) is 0 Å². The standard InChI is InChI=1S/C15H19N3OS/c1-11-9-15(17-12(2)16-11)18(3)10-13-5-7-14(8-6-13)20(4)19/h5-9H,10H2,1-4H3/t20-/m0/s1. The lowest BCUT2D eigenvalue weighted by Crippen LogP contribution is -2.18. The summed E-state index contributed by atoms with van der Waals surface area (Å²) >= 11 is 0. The molecule has 0 unspecified atom stereocenters. The smallest absolute Gasteiger partial charge is 0.132 e. The molecule has 1 aromatic heterocycles. The molecule has 0 saturated carbocycles. The Hall–Kier alpha value is -1.75. The van der Waals surface area contributed by atoms with Gasteiger partial charge in [0, 0.05) is 47.3 Å². The summed E-state index contributed by atoms with van der Waals surface area (Å²) in [7, 11) is 1.08. The van der Waals surface area contributed by atoms with Gasteiger partial charge in [0.1, 0.15) is 11.6 Å². The van der Waals surface area contributed by atoms with Gasteiger partial charge in [-0.2, -0.15) is 0 Å². The summed E-state index contributed by atoms with van der Waals surface area (Å²) < 4.78 is 11.4. The molecule has 1 atom stereocenters. The number of hydrogen-bond acceptors (Lipinski definition) is 4. The molecule has 2 rings (SSSR count). The first-order chi connectivity index (χ1) is 9.45. The highest BCUT2D eigenvalue weighted by Crippen LogP contribution is 2.15. The highest BCUT2D eigenvalue weighted by atomic mass is 32.2. The molecule has 1 heterocycles. The fourth-order valence-electron chi connectivity index (χ4n) is 2.03. The molecule has 0 aliphatic carbocycles. The number of anilines is 1. The lowest BCUT2D eigenvalue weighted by Gasteiger charge is -2.19. The quantitative estimate of drug-likeness (QED) is 0.867. The van der Waals surface area contributed by atoms with Gasteiger partial charge in [0.25, 0.3) is 0 Å². The molecule has 0 aliphatic rings. The summed E-state index contributed by atoms with van der Waals surface area (Å²) in [5.74, 6) is 1.70. The molecule has 0 N–H and O–H groups in total.